The van der Waals surface area contributed by atoms with Gasteiger partial charge in [0.15, 0.2) is 0 Å². The van der Waals surface area contributed by atoms with Crippen molar-refractivity contribution in [2.75, 3.05) is 13.1 Å². The Morgan fingerprint density at radius 3 is 2.73 bits per heavy atom. The number of carbonyl (C=O) groups is 3. The van der Waals surface area contributed by atoms with Crippen LogP contribution in [-0.2, 0) is 9.59 Å². The van der Waals surface area contributed by atoms with Crippen LogP contribution < -0.4 is 11.1 Å². The number of hydrogen-bond donors (Lipinski definition) is 3. The van der Waals surface area contributed by atoms with Crippen molar-refractivity contribution in [3.05, 3.63) is 0 Å². The highest BCUT2D eigenvalue weighted by molar-refractivity contribution is 6.05. The molecule has 0 aromatic carbocycles. The topological polar surface area (TPSA) is 113 Å². The zero-order valence-corrected chi connectivity index (χ0v) is 8.10. The molecule has 1 saturated heterocycles. The molecule has 3 amide bonds. The highest BCUT2D eigenvalue weighted by Gasteiger charge is 2.38. The Labute approximate surface area is 86.2 Å². The Hall–Kier alpha value is -1.63. The van der Waals surface area contributed by atoms with Crippen LogP contribution in [0, 0.1) is 0 Å². The number of urea groups is 1. The second kappa shape index (κ2) is 4.74. The molecule has 7 heteroatoms. The lowest BCUT2D eigenvalue weighted by atomic mass is 10.1. The number of rotatable bonds is 5. The quantitative estimate of drug-likeness (QED) is 0.495. The van der Waals surface area contributed by atoms with Crippen LogP contribution in [0.1, 0.15) is 12.8 Å². The zero-order chi connectivity index (χ0) is 11.4. The van der Waals surface area contributed by atoms with Gasteiger partial charge in [-0.25, -0.2) is 4.79 Å². The first-order valence-electron chi connectivity index (χ1n) is 4.60. The van der Waals surface area contributed by atoms with E-state index in [0.717, 1.165) is 0 Å². The summed E-state index contributed by atoms with van der Waals surface area (Å²) in [7, 11) is 0. The summed E-state index contributed by atoms with van der Waals surface area (Å²) < 4.78 is 0. The zero-order valence-electron chi connectivity index (χ0n) is 8.10. The first-order chi connectivity index (χ1) is 7.06. The molecule has 1 heterocycles. The van der Waals surface area contributed by atoms with E-state index < -0.39 is 30.5 Å². The lowest BCUT2D eigenvalue weighted by Gasteiger charge is -2.09. The molecule has 1 rings (SSSR count). The molecule has 0 aliphatic carbocycles. The molecule has 1 unspecified atom stereocenters. The van der Waals surface area contributed by atoms with Gasteiger partial charge in [0.2, 0.25) is 0 Å². The van der Waals surface area contributed by atoms with Crippen molar-refractivity contribution in [2.45, 2.75) is 18.9 Å². The second-order valence-corrected chi connectivity index (χ2v) is 3.25. The maximum absolute atomic E-state index is 11.5. The van der Waals surface area contributed by atoms with Gasteiger partial charge in [-0.3, -0.25) is 14.5 Å². The average Bonchev–Trinajstić information content (AvgIpc) is 2.42. The maximum Gasteiger partial charge on any atom is 0.325 e. The first-order valence-corrected chi connectivity index (χ1v) is 4.60. The molecule has 7 nitrogen and oxygen atoms in total. The van der Waals surface area contributed by atoms with Crippen molar-refractivity contribution in [3.63, 3.8) is 0 Å². The minimum Gasteiger partial charge on any atom is -0.480 e. The smallest absolute Gasteiger partial charge is 0.325 e. The molecule has 1 fully saturated rings. The molecule has 4 N–H and O–H groups in total. The van der Waals surface area contributed by atoms with Crippen molar-refractivity contribution in [1.82, 2.24) is 10.2 Å². The minimum atomic E-state index is -1.21. The average molecular weight is 215 g/mol. The molecule has 15 heavy (non-hydrogen) atoms. The number of amides is 3. The largest absolute Gasteiger partial charge is 0.480 e. The third-order valence-corrected chi connectivity index (χ3v) is 2.10. The van der Waals surface area contributed by atoms with Crippen LogP contribution in [0.5, 0.6) is 0 Å². The summed E-state index contributed by atoms with van der Waals surface area (Å²) in [5, 5.41) is 10.9. The van der Waals surface area contributed by atoms with Gasteiger partial charge >= 0.3 is 12.0 Å². The van der Waals surface area contributed by atoms with Crippen LogP contribution in [0.2, 0.25) is 0 Å². The van der Waals surface area contributed by atoms with Crippen LogP contribution in [0.3, 0.4) is 0 Å². The Morgan fingerprint density at radius 1 is 1.53 bits per heavy atom. The SMILES string of the molecule is NCCCC1NC(=O)N(CC(=O)O)C1=O. The third-order valence-electron chi connectivity index (χ3n) is 2.10. The van der Waals surface area contributed by atoms with E-state index in [0.29, 0.717) is 24.3 Å². The van der Waals surface area contributed by atoms with Crippen molar-refractivity contribution >= 4 is 17.9 Å². The number of imide groups is 1. The number of aliphatic carboxylic acids is 1. The molecule has 1 aliphatic rings. The molecule has 1 atom stereocenters. The molecule has 1 aliphatic heterocycles. The summed E-state index contributed by atoms with van der Waals surface area (Å²) in [6, 6.07) is -1.27. The van der Waals surface area contributed by atoms with Crippen molar-refractivity contribution in [3.8, 4) is 0 Å². The van der Waals surface area contributed by atoms with Gasteiger partial charge in [0.05, 0.1) is 0 Å². The normalized spacial score (nSPS) is 20.6. The summed E-state index contributed by atoms with van der Waals surface area (Å²) >= 11 is 0. The fourth-order valence-electron chi connectivity index (χ4n) is 1.38. The molecule has 0 saturated carbocycles. The van der Waals surface area contributed by atoms with Gasteiger partial charge in [0, 0.05) is 0 Å². The van der Waals surface area contributed by atoms with E-state index in [2.05, 4.69) is 5.32 Å². The number of hydrogen-bond acceptors (Lipinski definition) is 4. The maximum atomic E-state index is 11.5. The Kier molecular flexibility index (Phi) is 3.62. The van der Waals surface area contributed by atoms with E-state index in [-0.39, 0.29) is 0 Å². The third kappa shape index (κ3) is 2.66. The number of carboxylic acids is 1. The lowest BCUT2D eigenvalue weighted by Crippen LogP contribution is -2.36. The molecule has 84 valence electrons. The minimum absolute atomic E-state index is 0.429. The molecule has 0 bridgehead atoms. The van der Waals surface area contributed by atoms with Crippen molar-refractivity contribution < 1.29 is 19.5 Å². The van der Waals surface area contributed by atoms with Crippen LogP contribution in [-0.4, -0.2) is 47.0 Å². The van der Waals surface area contributed by atoms with Gasteiger partial charge in [-0.15, -0.1) is 0 Å². The highest BCUT2D eigenvalue weighted by atomic mass is 16.4. The van der Waals surface area contributed by atoms with Crippen LogP contribution >= 0.6 is 0 Å². The van der Waals surface area contributed by atoms with Gasteiger partial charge in [0.25, 0.3) is 5.91 Å². The van der Waals surface area contributed by atoms with Crippen LogP contribution in [0.15, 0.2) is 0 Å². The van der Waals surface area contributed by atoms with E-state index in [1.54, 1.807) is 0 Å². The fourth-order valence-corrected chi connectivity index (χ4v) is 1.38. The van der Waals surface area contributed by atoms with Crippen LogP contribution in [0.25, 0.3) is 0 Å². The number of carbonyl (C=O) groups excluding carboxylic acids is 2. The van der Waals surface area contributed by atoms with E-state index >= 15 is 0 Å². The molecular weight excluding hydrogens is 202 g/mol. The van der Waals surface area contributed by atoms with Gasteiger partial charge in [-0.05, 0) is 19.4 Å². The van der Waals surface area contributed by atoms with E-state index in [1.165, 1.54) is 0 Å². The summed E-state index contributed by atoms with van der Waals surface area (Å²) in [4.78, 5) is 33.8. The van der Waals surface area contributed by atoms with Crippen molar-refractivity contribution in [1.29, 1.82) is 0 Å². The molecule has 0 spiro atoms. The number of nitrogens with zero attached hydrogens (tertiary/aromatic N) is 1. The summed E-state index contributed by atoms with van der Waals surface area (Å²) in [5.41, 5.74) is 5.27. The number of nitrogens with two attached hydrogens (primary N) is 1. The molecule has 0 aromatic heterocycles. The van der Waals surface area contributed by atoms with Crippen molar-refractivity contribution in [2.24, 2.45) is 5.73 Å². The summed E-state index contributed by atoms with van der Waals surface area (Å²) in [6.45, 7) is -0.164. The summed E-state index contributed by atoms with van der Waals surface area (Å²) in [5.74, 6) is -1.70. The van der Waals surface area contributed by atoms with Gasteiger partial charge in [-0.2, -0.15) is 0 Å². The van der Waals surface area contributed by atoms with E-state index in [1.807, 2.05) is 0 Å². The molecule has 0 aromatic rings. The predicted octanol–water partition coefficient (Wildman–Crippen LogP) is -1.27. The number of nitrogens with one attached hydrogen (secondary N) is 1. The summed E-state index contributed by atoms with van der Waals surface area (Å²) in [6.07, 6.45) is 1.05. The van der Waals surface area contributed by atoms with Gasteiger partial charge in [0.1, 0.15) is 12.6 Å². The van der Waals surface area contributed by atoms with Gasteiger partial charge < -0.3 is 16.2 Å². The first kappa shape index (κ1) is 11.4. The molecular formula is C8H13N3O4. The monoisotopic (exact) mass is 215 g/mol. The standard InChI is InChI=1S/C8H13N3O4/c9-3-1-2-5-7(14)11(4-6(12)13)8(15)10-5/h5H,1-4,9H2,(H,10,15)(H,12,13). The lowest BCUT2D eigenvalue weighted by molar-refractivity contribution is -0.141. The van der Waals surface area contributed by atoms with E-state index in [9.17, 15) is 14.4 Å². The van der Waals surface area contributed by atoms with Gasteiger partial charge in [-0.1, -0.05) is 0 Å². The van der Waals surface area contributed by atoms with E-state index in [4.69, 9.17) is 10.8 Å². The molecule has 0 radical (unpaired) electrons. The Bertz CT molecular complexity index is 292. The highest BCUT2D eigenvalue weighted by Crippen LogP contribution is 2.10. The fraction of sp³-hybridized carbons (Fsp3) is 0.625. The number of carboxylic acid groups (broad SMARTS) is 1. The Balaban J connectivity index is 2.58. The van der Waals surface area contributed by atoms with Crippen LogP contribution in [0.4, 0.5) is 4.79 Å². The predicted molar refractivity (Wildman–Crippen MR) is 50.0 cm³/mol. The second-order valence-electron chi connectivity index (χ2n) is 3.25. The Morgan fingerprint density at radius 2 is 2.20 bits per heavy atom.